The van der Waals surface area contributed by atoms with E-state index in [1.807, 2.05) is 0 Å². The van der Waals surface area contributed by atoms with Crippen molar-refractivity contribution in [3.05, 3.63) is 22.1 Å². The quantitative estimate of drug-likeness (QED) is 0.177. The number of esters is 1. The van der Waals surface area contributed by atoms with Crippen LogP contribution in [-0.2, 0) is 14.3 Å². The van der Waals surface area contributed by atoms with Crippen LogP contribution in [0.4, 0.5) is 0 Å². The number of hydrogen-bond donors (Lipinski definition) is 0. The fourth-order valence-electron chi connectivity index (χ4n) is 1.35. The molecule has 106 valence electrons. The van der Waals surface area contributed by atoms with Gasteiger partial charge in [-0.1, -0.05) is 11.2 Å². The molecule has 0 aromatic heterocycles. The van der Waals surface area contributed by atoms with Crippen LogP contribution in [0.1, 0.15) is 34.1 Å². The first kappa shape index (κ1) is 17.2. The Morgan fingerprint density at radius 2 is 2.11 bits per heavy atom. The van der Waals surface area contributed by atoms with Gasteiger partial charge in [0.25, 0.3) is 0 Å². The second-order valence-electron chi connectivity index (χ2n) is 5.18. The zero-order valence-corrected chi connectivity index (χ0v) is 11.9. The zero-order chi connectivity index (χ0) is 14.9. The van der Waals surface area contributed by atoms with Gasteiger partial charge < -0.3 is 9.53 Å². The van der Waals surface area contributed by atoms with Gasteiger partial charge in [0.1, 0.15) is 12.9 Å². The Morgan fingerprint density at radius 3 is 2.53 bits per heavy atom. The normalized spacial score (nSPS) is 13.4. The lowest BCUT2D eigenvalue weighted by Crippen LogP contribution is -2.25. The number of carbonyl (C=O) groups is 2. The van der Waals surface area contributed by atoms with Crippen molar-refractivity contribution in [1.82, 2.24) is 0 Å². The predicted octanol–water partition coefficient (Wildman–Crippen LogP) is 3.04. The van der Waals surface area contributed by atoms with Crippen molar-refractivity contribution in [1.29, 1.82) is 0 Å². The Morgan fingerprint density at radius 1 is 1.47 bits per heavy atom. The van der Waals surface area contributed by atoms with E-state index >= 15 is 0 Å². The lowest BCUT2D eigenvalue weighted by atomic mass is 9.96. The molecule has 0 N–H and O–H groups in total. The van der Waals surface area contributed by atoms with E-state index < -0.39 is 5.41 Å². The van der Waals surface area contributed by atoms with Crippen molar-refractivity contribution in [3.63, 3.8) is 0 Å². The average molecular weight is 267 g/mol. The Balaban J connectivity index is 4.52. The lowest BCUT2D eigenvalue weighted by molar-refractivity contribution is -0.152. The summed E-state index contributed by atoms with van der Waals surface area (Å²) >= 11 is 0. The van der Waals surface area contributed by atoms with Crippen LogP contribution in [0.5, 0.6) is 0 Å². The molecule has 0 radical (unpaired) electrons. The van der Waals surface area contributed by atoms with E-state index in [1.54, 1.807) is 33.8 Å². The highest BCUT2D eigenvalue weighted by molar-refractivity contribution is 5.75. The topological polar surface area (TPSA) is 92.1 Å². The fourth-order valence-corrected chi connectivity index (χ4v) is 1.35. The van der Waals surface area contributed by atoms with Gasteiger partial charge in [0.15, 0.2) is 0 Å². The van der Waals surface area contributed by atoms with Crippen molar-refractivity contribution in [2.45, 2.75) is 34.1 Å². The molecule has 0 amide bonds. The van der Waals surface area contributed by atoms with E-state index in [-0.39, 0.29) is 25.0 Å². The van der Waals surface area contributed by atoms with Crippen molar-refractivity contribution >= 4 is 12.3 Å². The maximum atomic E-state index is 11.7. The molecular formula is C13H21N3O3. The van der Waals surface area contributed by atoms with Crippen LogP contribution in [0.15, 0.2) is 16.8 Å². The SMILES string of the molecule is C/C=C(/COC(=O)C(C)(C)C)C(C=O)CCN=[N+]=[N-]. The summed E-state index contributed by atoms with van der Waals surface area (Å²) in [5.41, 5.74) is 8.35. The molecule has 0 aliphatic carbocycles. The minimum atomic E-state index is -0.569. The Kier molecular flexibility index (Phi) is 7.53. The van der Waals surface area contributed by atoms with Crippen LogP contribution in [0.3, 0.4) is 0 Å². The van der Waals surface area contributed by atoms with Crippen molar-refractivity contribution in [2.24, 2.45) is 16.4 Å². The molecule has 0 aromatic rings. The molecule has 0 saturated heterocycles. The smallest absolute Gasteiger partial charge is 0.311 e. The standard InChI is InChI=1S/C13H21N3O3/c1-5-10(9-19-12(18)13(2,3)4)11(8-17)6-7-15-16-14/h5,8,11H,6-7,9H2,1-4H3/b10-5-. The highest BCUT2D eigenvalue weighted by atomic mass is 16.5. The minimum absolute atomic E-state index is 0.0896. The predicted molar refractivity (Wildman–Crippen MR) is 72.4 cm³/mol. The first-order valence-corrected chi connectivity index (χ1v) is 6.15. The Bertz CT molecular complexity index is 390. The third kappa shape index (κ3) is 6.62. The first-order valence-electron chi connectivity index (χ1n) is 6.15. The molecule has 6 nitrogen and oxygen atoms in total. The monoisotopic (exact) mass is 267 g/mol. The van der Waals surface area contributed by atoms with Crippen molar-refractivity contribution in [2.75, 3.05) is 13.2 Å². The van der Waals surface area contributed by atoms with Gasteiger partial charge in [0.05, 0.1) is 5.41 Å². The molecule has 0 spiro atoms. The number of carbonyl (C=O) groups excluding carboxylic acids is 2. The van der Waals surface area contributed by atoms with E-state index in [0.717, 1.165) is 11.9 Å². The van der Waals surface area contributed by atoms with E-state index in [2.05, 4.69) is 10.0 Å². The van der Waals surface area contributed by atoms with Gasteiger partial charge in [-0.3, -0.25) is 4.79 Å². The molecule has 0 bridgehead atoms. The molecule has 0 saturated carbocycles. The molecule has 0 aliphatic rings. The zero-order valence-electron chi connectivity index (χ0n) is 11.9. The van der Waals surface area contributed by atoms with E-state index in [1.165, 1.54) is 0 Å². The van der Waals surface area contributed by atoms with Crippen molar-refractivity contribution in [3.8, 4) is 0 Å². The van der Waals surface area contributed by atoms with Crippen LogP contribution in [0.2, 0.25) is 0 Å². The Hall–Kier alpha value is -1.81. The summed E-state index contributed by atoms with van der Waals surface area (Å²) in [6, 6.07) is 0. The maximum Gasteiger partial charge on any atom is 0.311 e. The van der Waals surface area contributed by atoms with Gasteiger partial charge in [-0.05, 0) is 45.2 Å². The second kappa shape index (κ2) is 8.32. The molecule has 19 heavy (non-hydrogen) atoms. The largest absolute Gasteiger partial charge is 0.461 e. The number of hydrogen-bond acceptors (Lipinski definition) is 4. The molecule has 0 aliphatic heterocycles. The number of ether oxygens (including phenoxy) is 1. The summed E-state index contributed by atoms with van der Waals surface area (Å²) in [6.45, 7) is 7.41. The summed E-state index contributed by atoms with van der Waals surface area (Å²) in [4.78, 5) is 25.3. The summed E-state index contributed by atoms with van der Waals surface area (Å²) in [6.07, 6.45) is 2.96. The van der Waals surface area contributed by atoms with Gasteiger partial charge in [0, 0.05) is 17.4 Å². The molecule has 0 aromatic carbocycles. The minimum Gasteiger partial charge on any atom is -0.461 e. The average Bonchev–Trinajstić information content (AvgIpc) is 2.35. The molecule has 6 heteroatoms. The summed E-state index contributed by atoms with van der Waals surface area (Å²) in [7, 11) is 0. The number of allylic oxidation sites excluding steroid dienone is 1. The molecule has 1 unspecified atom stereocenters. The summed E-state index contributed by atoms with van der Waals surface area (Å²) in [5.74, 6) is -0.699. The fraction of sp³-hybridized carbons (Fsp3) is 0.692. The van der Waals surface area contributed by atoms with Crippen molar-refractivity contribution < 1.29 is 14.3 Å². The van der Waals surface area contributed by atoms with Gasteiger partial charge in [0.2, 0.25) is 0 Å². The first-order chi connectivity index (χ1) is 8.86. The van der Waals surface area contributed by atoms with Gasteiger partial charge in [-0.15, -0.1) is 0 Å². The molecule has 0 heterocycles. The number of azide groups is 1. The highest BCUT2D eigenvalue weighted by Crippen LogP contribution is 2.18. The van der Waals surface area contributed by atoms with E-state index in [0.29, 0.717) is 6.42 Å². The lowest BCUT2D eigenvalue weighted by Gasteiger charge is -2.19. The molecule has 1 atom stereocenters. The van der Waals surface area contributed by atoms with Crippen LogP contribution in [-0.4, -0.2) is 25.4 Å². The number of nitrogens with zero attached hydrogens (tertiary/aromatic N) is 3. The third-order valence-electron chi connectivity index (χ3n) is 2.60. The van der Waals surface area contributed by atoms with Crippen LogP contribution in [0.25, 0.3) is 10.4 Å². The van der Waals surface area contributed by atoms with Gasteiger partial charge in [-0.2, -0.15) is 0 Å². The second-order valence-corrected chi connectivity index (χ2v) is 5.18. The molecule has 0 rings (SSSR count). The summed E-state index contributed by atoms with van der Waals surface area (Å²) in [5, 5.41) is 3.40. The number of rotatable bonds is 7. The van der Waals surface area contributed by atoms with Crippen LogP contribution >= 0.6 is 0 Å². The van der Waals surface area contributed by atoms with Crippen LogP contribution < -0.4 is 0 Å². The number of aldehydes is 1. The highest BCUT2D eigenvalue weighted by Gasteiger charge is 2.24. The van der Waals surface area contributed by atoms with Crippen LogP contribution in [0, 0.1) is 11.3 Å². The van der Waals surface area contributed by atoms with Gasteiger partial charge >= 0.3 is 5.97 Å². The third-order valence-corrected chi connectivity index (χ3v) is 2.60. The maximum absolute atomic E-state index is 11.7. The Labute approximate surface area is 113 Å². The van der Waals surface area contributed by atoms with E-state index in [9.17, 15) is 9.59 Å². The van der Waals surface area contributed by atoms with E-state index in [4.69, 9.17) is 10.3 Å². The molecule has 0 fully saturated rings. The summed E-state index contributed by atoms with van der Waals surface area (Å²) < 4.78 is 5.18. The van der Waals surface area contributed by atoms with Gasteiger partial charge in [-0.25, -0.2) is 0 Å². The molecular weight excluding hydrogens is 246 g/mol.